The molecule has 0 radical (unpaired) electrons. The molecule has 4 aliphatic rings. The molecule has 0 spiro atoms. The summed E-state index contributed by atoms with van der Waals surface area (Å²) in [6.07, 6.45) is 7.43. The number of anilines is 1. The average Bonchev–Trinajstić information content (AvgIpc) is 4.11. The minimum Gasteiger partial charge on any atom is -0.469 e. The molecule has 1 aromatic heterocycles. The van der Waals surface area contributed by atoms with Crippen LogP contribution in [0.1, 0.15) is 74.5 Å². The molecule has 2 N–H and O–H groups in total. The highest BCUT2D eigenvalue weighted by Gasteiger charge is 2.44. The zero-order valence-corrected chi connectivity index (χ0v) is 34.9. The summed E-state index contributed by atoms with van der Waals surface area (Å²) in [6.45, 7) is 4.57. The standard InChI is InChI=1S/C49H50N6O6/c1-28(2)38(25-44(56)60-3)47(57)54-20-6-9-42(54)46-51-27-41(52-46)35-17-16-33-21-32(14-15-34(33)22-35)29-10-12-30(13-11-29)37-23-40(50-26-37)43-24-36-8-5-7-31-18-19-39(53-49(59)61-4)48(58)55(43)45(31)36/h5,7-8,10-17,21-22,26-28,38-39,42-43H,6,9,18-20,23-25H2,1-4H3,(H,51,52)(H,53,59)/t38-,39-,42-,43-/m0/s1. The number of hydrogen-bond donors (Lipinski definition) is 2. The molecule has 4 aromatic carbocycles. The summed E-state index contributed by atoms with van der Waals surface area (Å²) in [5.41, 5.74) is 10.4. The number of carbonyl (C=O) groups is 4. The van der Waals surface area contributed by atoms with Crippen molar-refractivity contribution in [3.63, 3.8) is 0 Å². The van der Waals surface area contributed by atoms with Gasteiger partial charge in [0, 0.05) is 36.9 Å². The predicted octanol–water partition coefficient (Wildman–Crippen LogP) is 8.21. The number of hydrogen-bond acceptors (Lipinski definition) is 8. The van der Waals surface area contributed by atoms with Crippen molar-refractivity contribution >= 4 is 51.6 Å². The number of likely N-dealkylation sites (tertiary alicyclic amines) is 1. The molecule has 3 amide bonds. The van der Waals surface area contributed by atoms with E-state index in [1.165, 1.54) is 14.2 Å². The van der Waals surface area contributed by atoms with E-state index in [0.717, 1.165) is 85.5 Å². The number of para-hydroxylation sites is 1. The number of amides is 3. The van der Waals surface area contributed by atoms with E-state index < -0.39 is 18.1 Å². The van der Waals surface area contributed by atoms with Crippen LogP contribution in [0, 0.1) is 11.8 Å². The fourth-order valence-electron chi connectivity index (χ4n) is 9.58. The molecule has 61 heavy (non-hydrogen) atoms. The van der Waals surface area contributed by atoms with Crippen molar-refractivity contribution in [1.82, 2.24) is 20.2 Å². The van der Waals surface area contributed by atoms with Crippen molar-refractivity contribution in [2.24, 2.45) is 16.8 Å². The first-order chi connectivity index (χ1) is 29.6. The number of ether oxygens (including phenoxy) is 2. The third-order valence-corrected chi connectivity index (χ3v) is 13.0. The molecule has 4 atom stereocenters. The smallest absolute Gasteiger partial charge is 0.407 e. The lowest BCUT2D eigenvalue weighted by atomic mass is 9.91. The van der Waals surface area contributed by atoms with E-state index >= 15 is 0 Å². The van der Waals surface area contributed by atoms with E-state index in [1.807, 2.05) is 36.0 Å². The fraction of sp³-hybridized carbons (Fsp3) is 0.347. The number of aromatic amines is 1. The van der Waals surface area contributed by atoms with Crippen molar-refractivity contribution < 1.29 is 28.7 Å². The number of nitrogens with zero attached hydrogens (tertiary/aromatic N) is 4. The van der Waals surface area contributed by atoms with Gasteiger partial charge in [0.2, 0.25) is 11.8 Å². The molecular formula is C49H50N6O6. The summed E-state index contributed by atoms with van der Waals surface area (Å²) in [5, 5.41) is 4.98. The van der Waals surface area contributed by atoms with Gasteiger partial charge in [-0.05, 0) is 87.9 Å². The number of aromatic nitrogens is 2. The second kappa shape index (κ2) is 16.5. The van der Waals surface area contributed by atoms with Gasteiger partial charge in [0.25, 0.3) is 0 Å². The minimum atomic E-state index is -0.671. The molecule has 4 aliphatic heterocycles. The summed E-state index contributed by atoms with van der Waals surface area (Å²) in [4.78, 5) is 68.8. The van der Waals surface area contributed by atoms with Crippen LogP contribution in [-0.2, 0) is 36.7 Å². The number of esters is 1. The van der Waals surface area contributed by atoms with Gasteiger partial charge in [0.05, 0.1) is 56.2 Å². The van der Waals surface area contributed by atoms with E-state index in [1.54, 1.807) is 0 Å². The molecule has 9 rings (SSSR count). The van der Waals surface area contributed by atoms with Crippen LogP contribution in [0.15, 0.2) is 96.3 Å². The van der Waals surface area contributed by atoms with Crippen LogP contribution in [0.25, 0.3) is 38.7 Å². The number of benzene rings is 4. The molecule has 1 saturated heterocycles. The number of allylic oxidation sites excluding steroid dienone is 1. The van der Waals surface area contributed by atoms with Crippen molar-refractivity contribution in [2.75, 3.05) is 25.7 Å². The normalized spacial score (nSPS) is 20.0. The van der Waals surface area contributed by atoms with E-state index in [4.69, 9.17) is 19.5 Å². The van der Waals surface area contributed by atoms with Gasteiger partial charge in [-0.25, -0.2) is 9.78 Å². The summed E-state index contributed by atoms with van der Waals surface area (Å²) >= 11 is 0. The molecule has 12 heteroatoms. The first-order valence-electron chi connectivity index (χ1n) is 21.2. The van der Waals surface area contributed by atoms with Crippen molar-refractivity contribution in [3.8, 4) is 22.4 Å². The third-order valence-electron chi connectivity index (χ3n) is 13.0. The Morgan fingerprint density at radius 1 is 0.869 bits per heavy atom. The Kier molecular flexibility index (Phi) is 10.8. The Bertz CT molecular complexity index is 2610. The number of imidazole rings is 1. The van der Waals surface area contributed by atoms with Crippen LogP contribution >= 0.6 is 0 Å². The number of aryl methyl sites for hydroxylation is 1. The molecule has 0 aliphatic carbocycles. The number of rotatable bonds is 10. The number of H-pyrrole nitrogens is 1. The third kappa shape index (κ3) is 7.60. The highest BCUT2D eigenvalue weighted by molar-refractivity contribution is 6.12. The summed E-state index contributed by atoms with van der Waals surface area (Å²) in [6, 6.07) is 26.6. The molecular weight excluding hydrogens is 769 g/mol. The monoisotopic (exact) mass is 818 g/mol. The number of alkyl carbamates (subject to hydrolysis) is 1. The predicted molar refractivity (Wildman–Crippen MR) is 235 cm³/mol. The molecule has 5 aromatic rings. The van der Waals surface area contributed by atoms with E-state index in [-0.39, 0.29) is 42.2 Å². The first kappa shape index (κ1) is 39.9. The summed E-state index contributed by atoms with van der Waals surface area (Å²) in [7, 11) is 2.67. The Labute approximate surface area is 355 Å². The maximum atomic E-state index is 14.0. The SMILES string of the molecule is COC(=O)C[C@H](C(=O)N1CCC[C@H]1c1ncc(-c2ccc3cc(-c4ccc(C5=CN=C([C@@H]6Cc7cccc8c7N6C(=O)[C@@H](NC(=O)OC)CC8)C5)cc4)ccc3c2)[nH]1)C(C)C. The minimum absolute atomic E-state index is 0.00576. The van der Waals surface area contributed by atoms with Crippen molar-refractivity contribution in [3.05, 3.63) is 114 Å². The van der Waals surface area contributed by atoms with Gasteiger partial charge >= 0.3 is 12.1 Å². The lowest BCUT2D eigenvalue weighted by Crippen LogP contribution is -2.52. The number of nitrogens with one attached hydrogen (secondary N) is 2. The van der Waals surface area contributed by atoms with Crippen molar-refractivity contribution in [2.45, 2.75) is 76.9 Å². The van der Waals surface area contributed by atoms with Gasteiger partial charge in [-0.15, -0.1) is 0 Å². The Balaban J connectivity index is 0.867. The van der Waals surface area contributed by atoms with E-state index in [2.05, 4.69) is 89.2 Å². The van der Waals surface area contributed by atoms with Gasteiger partial charge in [-0.1, -0.05) is 80.6 Å². The Morgan fingerprint density at radius 3 is 2.34 bits per heavy atom. The van der Waals surface area contributed by atoms with Crippen LogP contribution in [0.2, 0.25) is 0 Å². The molecule has 1 fully saturated rings. The maximum Gasteiger partial charge on any atom is 0.407 e. The second-order valence-electron chi connectivity index (χ2n) is 16.9. The highest BCUT2D eigenvalue weighted by Crippen LogP contribution is 2.42. The number of aliphatic imine (C=N–C) groups is 1. The molecule has 0 saturated carbocycles. The summed E-state index contributed by atoms with van der Waals surface area (Å²) in [5.74, 6) is -0.198. The first-order valence-corrected chi connectivity index (χ1v) is 21.2. The quantitative estimate of drug-likeness (QED) is 0.135. The zero-order chi connectivity index (χ0) is 42.4. The van der Waals surface area contributed by atoms with Gasteiger partial charge in [-0.3, -0.25) is 19.4 Å². The molecule has 12 nitrogen and oxygen atoms in total. The molecule has 0 unspecified atom stereocenters. The maximum absolute atomic E-state index is 14.0. The van der Waals surface area contributed by atoms with Crippen molar-refractivity contribution in [1.29, 1.82) is 0 Å². The van der Waals surface area contributed by atoms with Gasteiger partial charge in [-0.2, -0.15) is 0 Å². The number of fused-ring (bicyclic) bond motifs is 1. The van der Waals surface area contributed by atoms with E-state index in [0.29, 0.717) is 32.2 Å². The van der Waals surface area contributed by atoms with Gasteiger partial charge in [0.15, 0.2) is 0 Å². The fourth-order valence-corrected chi connectivity index (χ4v) is 9.58. The molecule has 0 bridgehead atoms. The highest BCUT2D eigenvalue weighted by atomic mass is 16.5. The largest absolute Gasteiger partial charge is 0.469 e. The van der Waals surface area contributed by atoms with Crippen LogP contribution in [0.3, 0.4) is 0 Å². The van der Waals surface area contributed by atoms with Crippen LogP contribution in [-0.4, -0.2) is 77.3 Å². The number of carbonyl (C=O) groups excluding carboxylic acids is 4. The molecule has 312 valence electrons. The van der Waals surface area contributed by atoms with E-state index in [9.17, 15) is 19.2 Å². The lowest BCUT2D eigenvalue weighted by molar-refractivity contribution is -0.148. The number of methoxy groups -OCH3 is 2. The lowest BCUT2D eigenvalue weighted by Gasteiger charge is -2.29. The van der Waals surface area contributed by atoms with Gasteiger partial charge in [0.1, 0.15) is 11.9 Å². The second-order valence-corrected chi connectivity index (χ2v) is 16.9. The van der Waals surface area contributed by atoms with Crippen LogP contribution in [0.5, 0.6) is 0 Å². The topological polar surface area (TPSA) is 146 Å². The Morgan fingerprint density at radius 2 is 1.59 bits per heavy atom. The zero-order valence-electron chi connectivity index (χ0n) is 34.9. The molecule has 5 heterocycles. The van der Waals surface area contributed by atoms with Crippen LogP contribution in [0.4, 0.5) is 10.5 Å². The summed E-state index contributed by atoms with van der Waals surface area (Å²) < 4.78 is 9.72. The van der Waals surface area contributed by atoms with Gasteiger partial charge < -0.3 is 29.6 Å². The van der Waals surface area contributed by atoms with Crippen LogP contribution < -0.4 is 10.2 Å². The average molecular weight is 819 g/mol. The Hall–Kier alpha value is -6.56.